The lowest BCUT2D eigenvalue weighted by Gasteiger charge is -2.21. The van der Waals surface area contributed by atoms with Gasteiger partial charge in [-0.2, -0.15) is 0 Å². The van der Waals surface area contributed by atoms with Crippen molar-refractivity contribution in [3.05, 3.63) is 36.2 Å². The summed E-state index contributed by atoms with van der Waals surface area (Å²) in [6.07, 6.45) is 4.02. The van der Waals surface area contributed by atoms with Crippen molar-refractivity contribution in [1.82, 2.24) is 10.5 Å². The maximum absolute atomic E-state index is 5.51. The highest BCUT2D eigenvalue weighted by Crippen LogP contribution is 2.34. The zero-order valence-corrected chi connectivity index (χ0v) is 11.1. The number of ether oxygens (including phenoxy) is 1. The van der Waals surface area contributed by atoms with Crippen LogP contribution in [0.25, 0.3) is 11.1 Å². The fourth-order valence-corrected chi connectivity index (χ4v) is 2.63. The molecule has 1 N–H and O–H groups in total. The minimum absolute atomic E-state index is 0.463. The molecule has 0 atom stereocenters. The second-order valence-corrected chi connectivity index (χ2v) is 4.86. The summed E-state index contributed by atoms with van der Waals surface area (Å²) < 4.78 is 10.8. The van der Waals surface area contributed by atoms with E-state index in [0.717, 1.165) is 48.6 Å². The number of nitrogens with one attached hydrogen (secondary N) is 1. The number of methoxy groups -OCH3 is 1. The molecule has 1 aliphatic heterocycles. The van der Waals surface area contributed by atoms with Gasteiger partial charge in [-0.15, -0.1) is 0 Å². The van der Waals surface area contributed by atoms with E-state index in [1.807, 2.05) is 24.4 Å². The average Bonchev–Trinajstić information content (AvgIpc) is 2.98. The van der Waals surface area contributed by atoms with Crippen LogP contribution in [0.4, 0.5) is 0 Å². The van der Waals surface area contributed by atoms with Gasteiger partial charge in [0, 0.05) is 11.5 Å². The zero-order chi connectivity index (χ0) is 13.1. The van der Waals surface area contributed by atoms with E-state index in [2.05, 4.69) is 16.5 Å². The van der Waals surface area contributed by atoms with E-state index in [1.165, 1.54) is 0 Å². The molecule has 0 saturated carbocycles. The maximum Gasteiger partial charge on any atom is 0.147 e. The van der Waals surface area contributed by atoms with Crippen molar-refractivity contribution in [1.29, 1.82) is 0 Å². The van der Waals surface area contributed by atoms with Gasteiger partial charge in [0.05, 0.1) is 13.3 Å². The fourth-order valence-electron chi connectivity index (χ4n) is 2.63. The minimum Gasteiger partial charge on any atom is -0.497 e. The van der Waals surface area contributed by atoms with Gasteiger partial charge in [-0.25, -0.2) is 0 Å². The summed E-state index contributed by atoms with van der Waals surface area (Å²) in [7, 11) is 1.68. The van der Waals surface area contributed by atoms with Crippen molar-refractivity contribution < 1.29 is 9.26 Å². The van der Waals surface area contributed by atoms with Crippen LogP contribution in [-0.2, 0) is 0 Å². The second-order valence-electron chi connectivity index (χ2n) is 4.86. The van der Waals surface area contributed by atoms with Gasteiger partial charge in [0.2, 0.25) is 0 Å². The zero-order valence-electron chi connectivity index (χ0n) is 11.1. The third-order valence-electron chi connectivity index (χ3n) is 3.69. The van der Waals surface area contributed by atoms with Gasteiger partial charge in [-0.1, -0.05) is 17.3 Å². The molecule has 100 valence electrons. The van der Waals surface area contributed by atoms with Gasteiger partial charge in [0.15, 0.2) is 0 Å². The number of nitrogens with zero attached hydrogens (tertiary/aromatic N) is 1. The maximum atomic E-state index is 5.51. The van der Waals surface area contributed by atoms with Crippen molar-refractivity contribution in [3.8, 4) is 16.9 Å². The van der Waals surface area contributed by atoms with E-state index >= 15 is 0 Å². The molecule has 1 aromatic carbocycles. The van der Waals surface area contributed by atoms with E-state index < -0.39 is 0 Å². The van der Waals surface area contributed by atoms with Crippen LogP contribution < -0.4 is 10.1 Å². The Morgan fingerprint density at radius 2 is 2.16 bits per heavy atom. The highest BCUT2D eigenvalue weighted by molar-refractivity contribution is 5.66. The summed E-state index contributed by atoms with van der Waals surface area (Å²) in [4.78, 5) is 0. The summed E-state index contributed by atoms with van der Waals surface area (Å²) in [6.45, 7) is 2.09. The lowest BCUT2D eigenvalue weighted by atomic mass is 9.91. The van der Waals surface area contributed by atoms with Crippen LogP contribution >= 0.6 is 0 Å². The molecule has 0 aliphatic carbocycles. The summed E-state index contributed by atoms with van der Waals surface area (Å²) in [5, 5.41) is 7.37. The summed E-state index contributed by atoms with van der Waals surface area (Å²) >= 11 is 0. The number of piperidine rings is 1. The first kappa shape index (κ1) is 12.2. The molecule has 0 unspecified atom stereocenters. The van der Waals surface area contributed by atoms with Crippen LogP contribution in [0.3, 0.4) is 0 Å². The lowest BCUT2D eigenvalue weighted by Crippen LogP contribution is -2.26. The molecular weight excluding hydrogens is 240 g/mol. The smallest absolute Gasteiger partial charge is 0.147 e. The molecule has 2 heterocycles. The van der Waals surface area contributed by atoms with Crippen molar-refractivity contribution >= 4 is 0 Å². The molecule has 3 rings (SSSR count). The van der Waals surface area contributed by atoms with Crippen LogP contribution in [-0.4, -0.2) is 25.4 Å². The third kappa shape index (κ3) is 2.49. The highest BCUT2D eigenvalue weighted by Gasteiger charge is 2.23. The molecule has 0 amide bonds. The lowest BCUT2D eigenvalue weighted by molar-refractivity contribution is 0.328. The topological polar surface area (TPSA) is 47.3 Å². The van der Waals surface area contributed by atoms with Gasteiger partial charge in [0.25, 0.3) is 0 Å². The van der Waals surface area contributed by atoms with Crippen LogP contribution in [0, 0.1) is 0 Å². The number of rotatable bonds is 3. The normalized spacial score (nSPS) is 16.5. The van der Waals surface area contributed by atoms with E-state index in [4.69, 9.17) is 9.26 Å². The molecule has 1 aliphatic rings. The summed E-state index contributed by atoms with van der Waals surface area (Å²) in [6, 6.07) is 8.03. The Morgan fingerprint density at radius 3 is 2.95 bits per heavy atom. The Hall–Kier alpha value is -1.81. The van der Waals surface area contributed by atoms with Crippen LogP contribution in [0.5, 0.6) is 5.75 Å². The van der Waals surface area contributed by atoms with Gasteiger partial charge in [-0.05, 0) is 43.6 Å². The van der Waals surface area contributed by atoms with E-state index in [-0.39, 0.29) is 0 Å². The Balaban J connectivity index is 1.94. The van der Waals surface area contributed by atoms with Crippen LogP contribution in [0.15, 0.2) is 35.0 Å². The quantitative estimate of drug-likeness (QED) is 0.919. The van der Waals surface area contributed by atoms with Crippen molar-refractivity contribution in [2.45, 2.75) is 18.8 Å². The first-order valence-electron chi connectivity index (χ1n) is 6.68. The Labute approximate surface area is 112 Å². The molecule has 1 aromatic heterocycles. The number of hydrogen-bond donors (Lipinski definition) is 1. The minimum atomic E-state index is 0.463. The van der Waals surface area contributed by atoms with Gasteiger partial charge < -0.3 is 14.6 Å². The first-order chi connectivity index (χ1) is 9.38. The molecule has 2 aromatic rings. The molecule has 1 saturated heterocycles. The van der Waals surface area contributed by atoms with Crippen LogP contribution in [0.2, 0.25) is 0 Å². The molecule has 4 heteroatoms. The van der Waals surface area contributed by atoms with Gasteiger partial charge in [-0.3, -0.25) is 0 Å². The van der Waals surface area contributed by atoms with Gasteiger partial charge in [0.1, 0.15) is 11.5 Å². The SMILES string of the molecule is COc1cccc(-c2cnoc2C2CCNCC2)c1. The van der Waals surface area contributed by atoms with Crippen molar-refractivity contribution in [2.75, 3.05) is 20.2 Å². The standard InChI is InChI=1S/C15H18N2O2/c1-18-13-4-2-3-12(9-13)14-10-17-19-15(14)11-5-7-16-8-6-11/h2-4,9-11,16H,5-8H2,1H3. The predicted molar refractivity (Wildman–Crippen MR) is 73.3 cm³/mol. The Kier molecular flexibility index (Phi) is 3.51. The van der Waals surface area contributed by atoms with E-state index in [0.29, 0.717) is 5.92 Å². The summed E-state index contributed by atoms with van der Waals surface area (Å²) in [5.41, 5.74) is 2.19. The molecule has 4 nitrogen and oxygen atoms in total. The molecule has 1 fully saturated rings. The molecule has 19 heavy (non-hydrogen) atoms. The van der Waals surface area contributed by atoms with E-state index in [9.17, 15) is 0 Å². The number of benzene rings is 1. The fraction of sp³-hybridized carbons (Fsp3) is 0.400. The molecule has 0 spiro atoms. The monoisotopic (exact) mass is 258 g/mol. The van der Waals surface area contributed by atoms with Gasteiger partial charge >= 0.3 is 0 Å². The molecule has 0 bridgehead atoms. The molecule has 0 radical (unpaired) electrons. The van der Waals surface area contributed by atoms with Crippen molar-refractivity contribution in [2.24, 2.45) is 0 Å². The number of hydrogen-bond acceptors (Lipinski definition) is 4. The number of aromatic nitrogens is 1. The summed E-state index contributed by atoms with van der Waals surface area (Å²) in [5.74, 6) is 2.33. The Morgan fingerprint density at radius 1 is 1.32 bits per heavy atom. The average molecular weight is 258 g/mol. The second kappa shape index (κ2) is 5.45. The molecular formula is C15H18N2O2. The Bertz CT molecular complexity index is 545. The van der Waals surface area contributed by atoms with Crippen LogP contribution in [0.1, 0.15) is 24.5 Å². The third-order valence-corrected chi connectivity index (χ3v) is 3.69. The van der Waals surface area contributed by atoms with Crippen molar-refractivity contribution in [3.63, 3.8) is 0 Å². The first-order valence-corrected chi connectivity index (χ1v) is 6.68. The predicted octanol–water partition coefficient (Wildman–Crippen LogP) is 2.82. The van der Waals surface area contributed by atoms with E-state index in [1.54, 1.807) is 7.11 Å². The largest absolute Gasteiger partial charge is 0.497 e. The highest BCUT2D eigenvalue weighted by atomic mass is 16.5.